The summed E-state index contributed by atoms with van der Waals surface area (Å²) in [6, 6.07) is 4.47. The lowest BCUT2D eigenvalue weighted by atomic mass is 9.92. The van der Waals surface area contributed by atoms with Crippen LogP contribution in [0.1, 0.15) is 55.8 Å². The Morgan fingerprint density at radius 2 is 1.79 bits per heavy atom. The maximum atomic E-state index is 15.8. The second-order valence-corrected chi connectivity index (χ2v) is 16.1. The molecule has 0 spiro atoms. The van der Waals surface area contributed by atoms with Crippen molar-refractivity contribution < 1.29 is 36.3 Å². The van der Waals surface area contributed by atoms with Gasteiger partial charge in [-0.25, -0.2) is 13.9 Å². The van der Waals surface area contributed by atoms with Gasteiger partial charge < -0.3 is 28.6 Å². The molecular formula is C37H49FN6O8S. The Kier molecular flexibility index (Phi) is 11.2. The third-order valence-corrected chi connectivity index (χ3v) is 12.3. The summed E-state index contributed by atoms with van der Waals surface area (Å²) in [5, 5.41) is 0.851. The minimum absolute atomic E-state index is 0.0840. The van der Waals surface area contributed by atoms with Gasteiger partial charge in [0.2, 0.25) is 0 Å². The average molecular weight is 757 g/mol. The SMILES string of the molecule is COC[C@H]1CN(c2cc(C)c3c4c(c(=O)oc3c2C)CN(C(=O)c2cc(N(C)C)c(C(=O)NS(=O)(=O)N3CCC[C@@H](OC)C3)cc2F)CC4)CCN1C. The number of piperidine rings is 1. The number of carbonyl (C=O) groups excluding carboxylic acids is 2. The second kappa shape index (κ2) is 15.3. The van der Waals surface area contributed by atoms with Crippen LogP contribution in [0, 0.1) is 19.7 Å². The quantitative estimate of drug-likeness (QED) is 0.322. The molecule has 2 fully saturated rings. The first kappa shape index (κ1) is 38.6. The zero-order valence-electron chi connectivity index (χ0n) is 31.5. The van der Waals surface area contributed by atoms with Gasteiger partial charge in [-0.2, -0.15) is 12.7 Å². The number of hydrogen-bond acceptors (Lipinski definition) is 11. The van der Waals surface area contributed by atoms with Gasteiger partial charge >= 0.3 is 15.8 Å². The molecule has 288 valence electrons. The molecule has 0 unspecified atom stereocenters. The van der Waals surface area contributed by atoms with E-state index in [4.69, 9.17) is 13.9 Å². The first-order valence-corrected chi connectivity index (χ1v) is 19.3. The van der Waals surface area contributed by atoms with Crippen LogP contribution in [0.4, 0.5) is 15.8 Å². The van der Waals surface area contributed by atoms with Gasteiger partial charge in [0, 0.05) is 84.2 Å². The average Bonchev–Trinajstić information content (AvgIpc) is 3.13. The van der Waals surface area contributed by atoms with Gasteiger partial charge in [-0.1, -0.05) is 0 Å². The summed E-state index contributed by atoms with van der Waals surface area (Å²) in [6.45, 7) is 7.45. The summed E-state index contributed by atoms with van der Waals surface area (Å²) in [5.74, 6) is -2.69. The van der Waals surface area contributed by atoms with E-state index in [9.17, 15) is 22.8 Å². The fourth-order valence-corrected chi connectivity index (χ4v) is 9.00. The van der Waals surface area contributed by atoms with Gasteiger partial charge in [0.1, 0.15) is 11.4 Å². The molecule has 14 nitrogen and oxygen atoms in total. The van der Waals surface area contributed by atoms with Gasteiger partial charge in [0.05, 0.1) is 47.7 Å². The number of hydrogen-bond donors (Lipinski definition) is 1. The van der Waals surface area contributed by atoms with E-state index < -0.39 is 33.5 Å². The first-order chi connectivity index (χ1) is 25.1. The molecule has 53 heavy (non-hydrogen) atoms. The second-order valence-electron chi connectivity index (χ2n) is 14.4. The highest BCUT2D eigenvalue weighted by Gasteiger charge is 2.34. The maximum absolute atomic E-state index is 15.8. The van der Waals surface area contributed by atoms with Crippen LogP contribution in [0.25, 0.3) is 11.0 Å². The number of carbonyl (C=O) groups is 2. The number of halogens is 1. The number of rotatable bonds is 9. The number of fused-ring (bicyclic) bond motifs is 3. The lowest BCUT2D eigenvalue weighted by Crippen LogP contribution is -2.53. The molecule has 1 aromatic heterocycles. The largest absolute Gasteiger partial charge is 0.422 e. The molecule has 0 saturated carbocycles. The fraction of sp³-hybridized carbons (Fsp3) is 0.541. The minimum Gasteiger partial charge on any atom is -0.422 e. The Labute approximate surface area is 309 Å². The number of anilines is 2. The number of amides is 2. The van der Waals surface area contributed by atoms with Crippen LogP contribution < -0.4 is 20.1 Å². The highest BCUT2D eigenvalue weighted by Crippen LogP contribution is 2.36. The summed E-state index contributed by atoms with van der Waals surface area (Å²) < 4.78 is 61.9. The number of methoxy groups -OCH3 is 2. The first-order valence-electron chi connectivity index (χ1n) is 17.8. The van der Waals surface area contributed by atoms with Crippen molar-refractivity contribution in [1.82, 2.24) is 18.8 Å². The van der Waals surface area contributed by atoms with Gasteiger partial charge in [-0.15, -0.1) is 0 Å². The molecule has 0 bridgehead atoms. The number of benzene rings is 2. The van der Waals surface area contributed by atoms with Crippen molar-refractivity contribution in [2.45, 2.75) is 51.8 Å². The molecule has 1 N–H and O–H groups in total. The topological polar surface area (TPSA) is 145 Å². The Hall–Kier alpha value is -4.09. The Morgan fingerprint density at radius 3 is 2.49 bits per heavy atom. The lowest BCUT2D eigenvalue weighted by molar-refractivity contribution is 0.0566. The third kappa shape index (κ3) is 7.52. The summed E-state index contributed by atoms with van der Waals surface area (Å²) in [4.78, 5) is 48.3. The summed E-state index contributed by atoms with van der Waals surface area (Å²) in [6.07, 6.45) is 1.31. The van der Waals surface area contributed by atoms with E-state index in [1.54, 1.807) is 21.2 Å². The molecule has 3 aliphatic rings. The summed E-state index contributed by atoms with van der Waals surface area (Å²) >= 11 is 0. The number of aryl methyl sites for hydroxylation is 2. The van der Waals surface area contributed by atoms with E-state index in [-0.39, 0.29) is 55.1 Å². The molecule has 3 aliphatic heterocycles. The van der Waals surface area contributed by atoms with Gasteiger partial charge in [0.25, 0.3) is 11.8 Å². The van der Waals surface area contributed by atoms with Gasteiger partial charge in [-0.05, 0) is 69.5 Å². The molecule has 2 amide bonds. The number of ether oxygens (including phenoxy) is 2. The normalized spacial score (nSPS) is 20.1. The minimum atomic E-state index is -4.25. The van der Waals surface area contributed by atoms with Gasteiger partial charge in [0.15, 0.2) is 0 Å². The molecule has 2 aromatic carbocycles. The monoisotopic (exact) mass is 756 g/mol. The van der Waals surface area contributed by atoms with Crippen molar-refractivity contribution in [3.63, 3.8) is 0 Å². The van der Waals surface area contributed by atoms with Crippen molar-refractivity contribution in [3.05, 3.63) is 67.8 Å². The van der Waals surface area contributed by atoms with Crippen LogP contribution >= 0.6 is 0 Å². The molecule has 4 heterocycles. The lowest BCUT2D eigenvalue weighted by Gasteiger charge is -2.41. The molecule has 2 atom stereocenters. The number of nitrogens with zero attached hydrogens (tertiary/aromatic N) is 5. The highest BCUT2D eigenvalue weighted by atomic mass is 32.2. The third-order valence-electron chi connectivity index (χ3n) is 10.8. The van der Waals surface area contributed by atoms with Crippen LogP contribution in [0.5, 0.6) is 0 Å². The van der Waals surface area contributed by atoms with Crippen LogP contribution in [0.3, 0.4) is 0 Å². The highest BCUT2D eigenvalue weighted by molar-refractivity contribution is 7.87. The predicted molar refractivity (Wildman–Crippen MR) is 200 cm³/mol. The van der Waals surface area contributed by atoms with Crippen molar-refractivity contribution in [2.24, 2.45) is 0 Å². The van der Waals surface area contributed by atoms with E-state index in [2.05, 4.69) is 27.6 Å². The molecule has 2 saturated heterocycles. The van der Waals surface area contributed by atoms with E-state index in [1.165, 1.54) is 23.0 Å². The van der Waals surface area contributed by atoms with Crippen LogP contribution in [-0.2, 0) is 32.6 Å². The van der Waals surface area contributed by atoms with Crippen molar-refractivity contribution in [2.75, 3.05) is 91.0 Å². The maximum Gasteiger partial charge on any atom is 0.341 e. The summed E-state index contributed by atoms with van der Waals surface area (Å²) in [7, 11) is 4.24. The standard InChI is InChI=1S/C37H49FN6O8S/c1-22-15-31(42-14-13-41(5)24(18-42)21-50-6)23(2)34-33(22)26-10-12-43(20-29(26)37(47)52-34)36(46)27-17-32(40(3)4)28(16-30(27)38)35(45)39-53(48,49)44-11-8-9-25(19-44)51-7/h15-17,24-25H,8-14,18-21H2,1-7H3,(H,39,45)/t24-,25-/m1/s1. The van der Waals surface area contributed by atoms with Crippen molar-refractivity contribution >= 4 is 44.4 Å². The van der Waals surface area contributed by atoms with Gasteiger partial charge in [-0.3, -0.25) is 14.5 Å². The number of piperazine rings is 1. The Morgan fingerprint density at radius 1 is 1.04 bits per heavy atom. The smallest absolute Gasteiger partial charge is 0.341 e. The zero-order chi connectivity index (χ0) is 38.4. The molecule has 0 aliphatic carbocycles. The Bertz CT molecular complexity index is 2090. The van der Waals surface area contributed by atoms with Crippen LogP contribution in [0.2, 0.25) is 0 Å². The predicted octanol–water partition coefficient (Wildman–Crippen LogP) is 2.67. The zero-order valence-corrected chi connectivity index (χ0v) is 32.3. The molecule has 3 aromatic rings. The molecule has 0 radical (unpaired) electrons. The summed E-state index contributed by atoms with van der Waals surface area (Å²) in [5.41, 5.74) is 3.56. The number of nitrogens with one attached hydrogen (secondary N) is 1. The van der Waals surface area contributed by atoms with E-state index in [1.807, 2.05) is 13.8 Å². The van der Waals surface area contributed by atoms with Crippen molar-refractivity contribution in [3.8, 4) is 0 Å². The van der Waals surface area contributed by atoms with E-state index in [0.717, 1.165) is 57.8 Å². The molecule has 16 heteroatoms. The molecule has 6 rings (SSSR count). The van der Waals surface area contributed by atoms with E-state index in [0.29, 0.717) is 37.0 Å². The van der Waals surface area contributed by atoms with Crippen LogP contribution in [0.15, 0.2) is 27.4 Å². The van der Waals surface area contributed by atoms with E-state index >= 15 is 4.39 Å². The fourth-order valence-electron chi connectivity index (χ4n) is 7.79. The number of likely N-dealkylation sites (N-methyl/N-ethyl adjacent to an activating group) is 1. The van der Waals surface area contributed by atoms with Crippen LogP contribution in [-0.4, -0.2) is 128 Å². The molecular weight excluding hydrogens is 708 g/mol. The Balaban J connectivity index is 1.26. The van der Waals surface area contributed by atoms with Crippen molar-refractivity contribution in [1.29, 1.82) is 0 Å².